The van der Waals surface area contributed by atoms with Crippen LogP contribution in [-0.4, -0.2) is 220 Å². The number of aliphatic carboxylic acids is 2. The molecule has 114 heavy (non-hydrogen) atoms. The number of aromatic nitrogens is 1. The van der Waals surface area contributed by atoms with Crippen LogP contribution in [0.15, 0.2) is 65.8 Å². The van der Waals surface area contributed by atoms with Crippen molar-refractivity contribution in [3.8, 4) is 0 Å². The summed E-state index contributed by atoms with van der Waals surface area (Å²) >= 11 is 0. The molecule has 0 bridgehead atoms. The molecule has 1 aliphatic rings. The minimum atomic E-state index is -1.73. The largest absolute Gasteiger partial charge is 0.481 e. The number of hydrogen-bond acceptors (Lipinski definition) is 19. The molecule has 2 aromatic carbocycles. The van der Waals surface area contributed by atoms with Gasteiger partial charge in [0.05, 0.1) is 12.5 Å². The van der Waals surface area contributed by atoms with Gasteiger partial charge in [-0.2, -0.15) is 0 Å². The maximum absolute atomic E-state index is 15.1. The molecule has 3 aromatic rings. The lowest BCUT2D eigenvalue weighted by molar-refractivity contribution is -0.149. The van der Waals surface area contributed by atoms with Gasteiger partial charge in [-0.3, -0.25) is 72.1 Å². The third-order valence-electron chi connectivity index (χ3n) is 19.5. The molecule has 0 aliphatic carbocycles. The first-order valence-electron chi connectivity index (χ1n) is 39.1. The number of aromatic amines is 1. The molecule has 1 fully saturated rings. The lowest BCUT2D eigenvalue weighted by Crippen LogP contribution is -2.62. The second-order valence-electron chi connectivity index (χ2n) is 30.1. The summed E-state index contributed by atoms with van der Waals surface area (Å²) in [5.41, 5.74) is 35.7. The van der Waals surface area contributed by atoms with Gasteiger partial charge in [-0.25, -0.2) is 4.79 Å². The van der Waals surface area contributed by atoms with E-state index in [4.69, 9.17) is 34.4 Å². The van der Waals surface area contributed by atoms with Gasteiger partial charge in [0.15, 0.2) is 5.96 Å². The van der Waals surface area contributed by atoms with Crippen LogP contribution in [0.25, 0.3) is 10.9 Å². The molecule has 4 rings (SSSR count). The number of nitrogens with zero attached hydrogens (tertiary/aromatic N) is 2. The third kappa shape index (κ3) is 31.6. The number of nitrogens with one attached hydrogen (secondary N) is 12. The van der Waals surface area contributed by atoms with Crippen LogP contribution >= 0.6 is 0 Å². The van der Waals surface area contributed by atoms with Crippen molar-refractivity contribution in [3.63, 3.8) is 0 Å². The number of para-hydroxylation sites is 1. The van der Waals surface area contributed by atoms with Gasteiger partial charge in [0.2, 0.25) is 76.8 Å². The second-order valence-corrected chi connectivity index (χ2v) is 30.1. The van der Waals surface area contributed by atoms with Crippen molar-refractivity contribution >= 4 is 106 Å². The number of fused-ring (bicyclic) bond motifs is 1. The van der Waals surface area contributed by atoms with E-state index in [0.717, 1.165) is 0 Å². The number of H-pyrrole nitrogens is 1. The molecule has 0 unspecified atom stereocenters. The van der Waals surface area contributed by atoms with Gasteiger partial charge in [-0.05, 0) is 138 Å². The summed E-state index contributed by atoms with van der Waals surface area (Å²) in [6.45, 7) is 15.3. The Labute approximate surface area is 664 Å². The minimum Gasteiger partial charge on any atom is -0.481 e. The van der Waals surface area contributed by atoms with Gasteiger partial charge in [-0.1, -0.05) is 110 Å². The van der Waals surface area contributed by atoms with Gasteiger partial charge in [0.25, 0.3) is 0 Å². The number of aliphatic imine (C=N–C) groups is 1. The standard InChI is InChI=1S/C77H122N20O17/c1-10-44(8)63(74(111)95-62(43(6)7)72(109)88-51(28-20-34-84-77(82)83)65(102)86-50(26-16-18-32-78)66(103)89-53(27-17-19-33-79)75(112)97-35-21-29-58(97)76(113)114)96-67(104)52(30-31-60(99)100)87-69(106)56(38-47-40-85-49-25-15-14-24-48(47)49)93-73(110)61(42(4)5)94-71(108)54(36-41(2)3)91-68(105)55(37-46-22-12-11-13-23-46)92-70(107)57(39-59(81)98)90-64(101)45(9)80/h11-15,22-25,40-45,50-58,61-63,85H,10,16-21,26-39,78-80H2,1-9H3,(H2,81,98)(H,86,102)(H,87,106)(H,88,109)(H,89,103)(H,90,101)(H,91,105)(H,92,107)(H,93,110)(H,94,108)(H,95,111)(H,96,104)(H,99,100)(H,113,114)(H4,82,83,84)/t44-,45-,50-,51-,52-,53-,54-,55-,56-,57-,58-,61-,62-,63-/m0/s1. The number of nitrogens with two attached hydrogens (primary N) is 6. The molecule has 26 N–H and O–H groups in total. The molecule has 37 nitrogen and oxygen atoms in total. The van der Waals surface area contributed by atoms with Crippen LogP contribution in [0.1, 0.15) is 170 Å². The number of carboxylic acid groups (broad SMARTS) is 2. The first-order chi connectivity index (χ1) is 53.9. The number of unbranched alkanes of at least 4 members (excludes halogenated alkanes) is 2. The van der Waals surface area contributed by atoms with E-state index in [1.807, 2.05) is 0 Å². The Morgan fingerprint density at radius 2 is 0.956 bits per heavy atom. The number of guanidine groups is 1. The molecule has 0 spiro atoms. The van der Waals surface area contributed by atoms with Crippen molar-refractivity contribution < 1.29 is 82.1 Å². The normalized spacial score (nSPS) is 16.1. The lowest BCUT2D eigenvalue weighted by atomic mass is 9.95. The number of benzene rings is 2. The number of rotatable bonds is 51. The smallest absolute Gasteiger partial charge is 0.326 e. The van der Waals surface area contributed by atoms with Crippen LogP contribution in [-0.2, 0) is 84.8 Å². The van der Waals surface area contributed by atoms with Crippen LogP contribution < -0.4 is 92.9 Å². The molecular weight excluding hydrogens is 1480 g/mol. The molecule has 37 heteroatoms. The van der Waals surface area contributed by atoms with Crippen molar-refractivity contribution in [2.45, 2.75) is 250 Å². The quantitative estimate of drug-likeness (QED) is 0.0168. The zero-order chi connectivity index (χ0) is 85.1. The first kappa shape index (κ1) is 95.6. The van der Waals surface area contributed by atoms with Crippen molar-refractivity contribution in [2.24, 2.45) is 63.1 Å². The molecule has 14 atom stereocenters. The zero-order valence-corrected chi connectivity index (χ0v) is 66.8. The monoisotopic (exact) mass is 1600 g/mol. The van der Waals surface area contributed by atoms with Crippen molar-refractivity contribution in [1.82, 2.24) is 68.4 Å². The number of carbonyl (C=O) groups is 15. The maximum Gasteiger partial charge on any atom is 0.326 e. The van der Waals surface area contributed by atoms with Gasteiger partial charge < -0.3 is 113 Å². The molecule has 1 saturated heterocycles. The summed E-state index contributed by atoms with van der Waals surface area (Å²) in [4.78, 5) is 218. The highest BCUT2D eigenvalue weighted by Crippen LogP contribution is 2.23. The molecule has 1 aromatic heterocycles. The van der Waals surface area contributed by atoms with Crippen molar-refractivity contribution in [1.29, 1.82) is 0 Å². The summed E-state index contributed by atoms with van der Waals surface area (Å²) in [5, 5.41) is 49.9. The van der Waals surface area contributed by atoms with Crippen molar-refractivity contribution in [2.75, 3.05) is 26.2 Å². The van der Waals surface area contributed by atoms with Crippen molar-refractivity contribution in [3.05, 3.63) is 71.9 Å². The van der Waals surface area contributed by atoms with Crippen LogP contribution in [0.3, 0.4) is 0 Å². The third-order valence-corrected chi connectivity index (χ3v) is 19.5. The first-order valence-corrected chi connectivity index (χ1v) is 39.1. The predicted molar refractivity (Wildman–Crippen MR) is 424 cm³/mol. The fraction of sp³-hybridized carbons (Fsp3) is 0.610. The van der Waals surface area contributed by atoms with E-state index in [0.29, 0.717) is 54.1 Å². The van der Waals surface area contributed by atoms with Gasteiger partial charge in [0, 0.05) is 49.5 Å². The molecule has 2 heterocycles. The highest BCUT2D eigenvalue weighted by atomic mass is 16.4. The zero-order valence-electron chi connectivity index (χ0n) is 66.8. The fourth-order valence-corrected chi connectivity index (χ4v) is 12.9. The van der Waals surface area contributed by atoms with Gasteiger partial charge >= 0.3 is 11.9 Å². The summed E-state index contributed by atoms with van der Waals surface area (Å²) < 4.78 is 0. The number of carboxylic acids is 2. The van der Waals surface area contributed by atoms with E-state index >= 15 is 4.79 Å². The van der Waals surface area contributed by atoms with Gasteiger partial charge in [-0.15, -0.1) is 0 Å². The highest BCUT2D eigenvalue weighted by molar-refractivity contribution is 6.01. The second kappa shape index (κ2) is 48.3. The molecule has 632 valence electrons. The molecule has 13 amide bonds. The Morgan fingerprint density at radius 1 is 0.509 bits per heavy atom. The predicted octanol–water partition coefficient (Wildman–Crippen LogP) is -1.84. The van der Waals surface area contributed by atoms with E-state index in [2.05, 4.69) is 68.5 Å². The van der Waals surface area contributed by atoms with E-state index in [9.17, 15) is 77.3 Å². The Balaban J connectivity index is 1.67. The molecule has 1 aliphatic heterocycles. The average Bonchev–Trinajstić information content (AvgIpc) is 1.59. The Hall–Kier alpha value is -10.8. The van der Waals surface area contributed by atoms with Crippen LogP contribution in [0, 0.1) is 23.7 Å². The summed E-state index contributed by atoms with van der Waals surface area (Å²) in [6, 6.07) is -2.67. The van der Waals surface area contributed by atoms with Crippen LogP contribution in [0.4, 0.5) is 0 Å². The van der Waals surface area contributed by atoms with Crippen LogP contribution in [0.2, 0.25) is 0 Å². The van der Waals surface area contributed by atoms with E-state index in [1.165, 1.54) is 11.8 Å². The summed E-state index contributed by atoms with van der Waals surface area (Å²) in [5.74, 6) is -16.7. The topological polar surface area (TPSA) is 616 Å². The van der Waals surface area contributed by atoms with E-state index < -0.39 is 204 Å². The van der Waals surface area contributed by atoms with Gasteiger partial charge in [0.1, 0.15) is 72.5 Å². The summed E-state index contributed by atoms with van der Waals surface area (Å²) in [6.07, 6.45) is 1.89. The number of carbonyl (C=O) groups excluding carboxylic acids is 13. The maximum atomic E-state index is 15.1. The fourth-order valence-electron chi connectivity index (χ4n) is 12.9. The minimum absolute atomic E-state index is 0.00510. The SMILES string of the molecule is CC[C@H](C)[C@H](NC(=O)[C@H](CCC(=O)O)NC(=O)[C@H](Cc1c[nH]c2ccccc12)NC(=O)[C@@H](NC(=O)[C@H](CC(C)C)NC(=O)[C@H](Cc1ccccc1)NC(=O)[C@H](CC(N)=O)NC(=O)[C@H](C)N)C(C)C)C(=O)N[C@H](C(=O)N[C@@H](CCCN=C(N)N)C(=O)N[C@@H](CCCCN)C(=O)N[C@@H](CCCCN)C(=O)N1CCC[C@H]1C(=O)O)C(C)C. The lowest BCUT2D eigenvalue weighted by Gasteiger charge is -2.31. The van der Waals surface area contributed by atoms with Crippen LogP contribution in [0.5, 0.6) is 0 Å². The average molecular weight is 1600 g/mol. The highest BCUT2D eigenvalue weighted by Gasteiger charge is 2.42. The molecular formula is C77H122N20O17. The number of hydrogen-bond donors (Lipinski definition) is 20. The number of likely N-dealkylation sites (tertiary alicyclic amines) is 1. The Bertz CT molecular complexity index is 3780. The number of amides is 13. The molecule has 0 saturated carbocycles. The van der Waals surface area contributed by atoms with E-state index in [1.54, 1.807) is 116 Å². The summed E-state index contributed by atoms with van der Waals surface area (Å²) in [7, 11) is 0. The Morgan fingerprint density at radius 3 is 1.49 bits per heavy atom. The van der Waals surface area contributed by atoms with E-state index in [-0.39, 0.29) is 95.8 Å². The number of primary amides is 1. The molecule has 0 radical (unpaired) electrons. The Kier molecular flexibility index (Phi) is 40.5.